The number of carbonyl (C=O) groups excluding carboxylic acids is 1. The minimum absolute atomic E-state index is 0.0929. The van der Waals surface area contributed by atoms with Gasteiger partial charge in [-0.05, 0) is 33.1 Å². The van der Waals surface area contributed by atoms with E-state index in [1.54, 1.807) is 4.90 Å². The van der Waals surface area contributed by atoms with E-state index >= 15 is 0 Å². The van der Waals surface area contributed by atoms with Gasteiger partial charge in [0.1, 0.15) is 0 Å². The SMILES string of the molecule is CCN(CC)C(=O)CNCC(C)(O)CC(C)C. The summed E-state index contributed by atoms with van der Waals surface area (Å²) in [5.74, 6) is 0.542. The van der Waals surface area contributed by atoms with Gasteiger partial charge in [-0.2, -0.15) is 0 Å². The summed E-state index contributed by atoms with van der Waals surface area (Å²) in [5, 5.41) is 13.1. The van der Waals surface area contributed by atoms with Crippen molar-refractivity contribution in [3.8, 4) is 0 Å². The number of hydrogen-bond donors (Lipinski definition) is 2. The lowest BCUT2D eigenvalue weighted by molar-refractivity contribution is -0.130. The second-order valence-electron chi connectivity index (χ2n) is 5.26. The smallest absolute Gasteiger partial charge is 0.236 e. The van der Waals surface area contributed by atoms with E-state index in [1.807, 2.05) is 20.8 Å². The lowest BCUT2D eigenvalue weighted by Gasteiger charge is -2.26. The van der Waals surface area contributed by atoms with Gasteiger partial charge in [0, 0.05) is 19.6 Å². The van der Waals surface area contributed by atoms with Crippen LogP contribution in [0.1, 0.15) is 41.0 Å². The van der Waals surface area contributed by atoms with Crippen molar-refractivity contribution >= 4 is 5.91 Å². The third-order valence-electron chi connectivity index (χ3n) is 2.75. The zero-order valence-corrected chi connectivity index (χ0v) is 11.9. The second-order valence-corrected chi connectivity index (χ2v) is 5.26. The molecule has 102 valence electrons. The molecule has 0 fully saturated rings. The van der Waals surface area contributed by atoms with Crippen LogP contribution in [0, 0.1) is 5.92 Å². The predicted molar refractivity (Wildman–Crippen MR) is 70.9 cm³/mol. The number of aliphatic hydroxyl groups is 1. The summed E-state index contributed by atoms with van der Waals surface area (Å²) < 4.78 is 0. The van der Waals surface area contributed by atoms with E-state index in [4.69, 9.17) is 0 Å². The molecule has 1 atom stereocenters. The molecule has 0 aliphatic carbocycles. The Morgan fingerprint density at radius 1 is 1.35 bits per heavy atom. The molecule has 0 saturated carbocycles. The van der Waals surface area contributed by atoms with Crippen molar-refractivity contribution in [2.45, 2.75) is 46.6 Å². The van der Waals surface area contributed by atoms with E-state index in [0.29, 0.717) is 19.0 Å². The highest BCUT2D eigenvalue weighted by Crippen LogP contribution is 2.14. The summed E-state index contributed by atoms with van der Waals surface area (Å²) in [6.07, 6.45) is 0.736. The van der Waals surface area contributed by atoms with Crippen LogP contribution in [0.15, 0.2) is 0 Å². The van der Waals surface area contributed by atoms with E-state index < -0.39 is 5.60 Å². The molecule has 2 N–H and O–H groups in total. The summed E-state index contributed by atoms with van der Waals surface area (Å²) in [7, 11) is 0. The predicted octanol–water partition coefficient (Wildman–Crippen LogP) is 1.24. The number of likely N-dealkylation sites (N-methyl/N-ethyl adjacent to an activating group) is 1. The van der Waals surface area contributed by atoms with Crippen molar-refractivity contribution in [3.63, 3.8) is 0 Å². The molecule has 4 heteroatoms. The molecule has 0 spiro atoms. The highest BCUT2D eigenvalue weighted by molar-refractivity contribution is 5.78. The van der Waals surface area contributed by atoms with Crippen LogP contribution in [0.2, 0.25) is 0 Å². The summed E-state index contributed by atoms with van der Waals surface area (Å²) >= 11 is 0. The molecule has 17 heavy (non-hydrogen) atoms. The van der Waals surface area contributed by atoms with Gasteiger partial charge in [0.05, 0.1) is 12.1 Å². The van der Waals surface area contributed by atoms with Gasteiger partial charge in [-0.1, -0.05) is 13.8 Å². The quantitative estimate of drug-likeness (QED) is 0.675. The monoisotopic (exact) mass is 244 g/mol. The molecule has 1 amide bonds. The lowest BCUT2D eigenvalue weighted by Crippen LogP contribution is -2.44. The normalized spacial score (nSPS) is 14.8. The largest absolute Gasteiger partial charge is 0.389 e. The lowest BCUT2D eigenvalue weighted by atomic mass is 9.94. The Bertz CT molecular complexity index is 223. The molecule has 0 aliphatic rings. The first kappa shape index (κ1) is 16.4. The van der Waals surface area contributed by atoms with Gasteiger partial charge in [-0.3, -0.25) is 4.79 Å². The maximum Gasteiger partial charge on any atom is 0.236 e. The fourth-order valence-electron chi connectivity index (χ4n) is 2.08. The average molecular weight is 244 g/mol. The third kappa shape index (κ3) is 7.34. The van der Waals surface area contributed by atoms with Crippen LogP contribution in [0.4, 0.5) is 0 Å². The van der Waals surface area contributed by atoms with E-state index in [1.165, 1.54) is 0 Å². The van der Waals surface area contributed by atoms with E-state index in [9.17, 15) is 9.90 Å². The van der Waals surface area contributed by atoms with Crippen molar-refractivity contribution < 1.29 is 9.90 Å². The second kappa shape index (κ2) is 7.67. The Morgan fingerprint density at radius 3 is 2.29 bits per heavy atom. The first-order chi connectivity index (χ1) is 7.82. The standard InChI is InChI=1S/C13H28N2O2/c1-6-15(7-2)12(16)9-14-10-13(5,17)8-11(3)4/h11,14,17H,6-10H2,1-5H3. The van der Waals surface area contributed by atoms with Gasteiger partial charge in [0.25, 0.3) is 0 Å². The molecule has 0 bridgehead atoms. The van der Waals surface area contributed by atoms with Crippen molar-refractivity contribution in [2.24, 2.45) is 5.92 Å². The van der Waals surface area contributed by atoms with Crippen LogP contribution >= 0.6 is 0 Å². The van der Waals surface area contributed by atoms with Crippen LogP contribution in [-0.2, 0) is 4.79 Å². The van der Waals surface area contributed by atoms with Gasteiger partial charge >= 0.3 is 0 Å². The molecule has 0 aliphatic heterocycles. The van der Waals surface area contributed by atoms with Gasteiger partial charge in [-0.15, -0.1) is 0 Å². The molecule has 0 rings (SSSR count). The van der Waals surface area contributed by atoms with Gasteiger partial charge < -0.3 is 15.3 Å². The topological polar surface area (TPSA) is 52.6 Å². The van der Waals surface area contributed by atoms with Gasteiger partial charge in [0.2, 0.25) is 5.91 Å². The summed E-state index contributed by atoms with van der Waals surface area (Å²) in [6.45, 7) is 12.1. The molecular weight excluding hydrogens is 216 g/mol. The van der Waals surface area contributed by atoms with Crippen molar-refractivity contribution in [1.82, 2.24) is 10.2 Å². The maximum absolute atomic E-state index is 11.7. The Kier molecular flexibility index (Phi) is 7.39. The highest BCUT2D eigenvalue weighted by atomic mass is 16.3. The molecule has 4 nitrogen and oxygen atoms in total. The zero-order chi connectivity index (χ0) is 13.5. The van der Waals surface area contributed by atoms with Crippen molar-refractivity contribution in [2.75, 3.05) is 26.2 Å². The van der Waals surface area contributed by atoms with E-state index in [-0.39, 0.29) is 5.91 Å². The molecule has 0 aromatic heterocycles. The fourth-order valence-corrected chi connectivity index (χ4v) is 2.08. The van der Waals surface area contributed by atoms with Crippen molar-refractivity contribution in [1.29, 1.82) is 0 Å². The number of rotatable bonds is 8. The molecule has 0 heterocycles. The molecule has 1 unspecified atom stereocenters. The Hall–Kier alpha value is -0.610. The third-order valence-corrected chi connectivity index (χ3v) is 2.75. The van der Waals surface area contributed by atoms with Gasteiger partial charge in [-0.25, -0.2) is 0 Å². The summed E-state index contributed by atoms with van der Waals surface area (Å²) in [5.41, 5.74) is -0.738. The summed E-state index contributed by atoms with van der Waals surface area (Å²) in [6, 6.07) is 0. The molecule has 0 aromatic rings. The number of hydrogen-bond acceptors (Lipinski definition) is 3. The van der Waals surface area contributed by atoms with Gasteiger partial charge in [0.15, 0.2) is 0 Å². The zero-order valence-electron chi connectivity index (χ0n) is 11.9. The number of nitrogens with one attached hydrogen (secondary N) is 1. The summed E-state index contributed by atoms with van der Waals surface area (Å²) in [4.78, 5) is 13.5. The van der Waals surface area contributed by atoms with Crippen molar-refractivity contribution in [3.05, 3.63) is 0 Å². The first-order valence-electron chi connectivity index (χ1n) is 6.53. The Morgan fingerprint density at radius 2 is 1.88 bits per heavy atom. The van der Waals surface area contributed by atoms with Crippen LogP contribution < -0.4 is 5.32 Å². The van der Waals surface area contributed by atoms with Crippen LogP contribution in [0.25, 0.3) is 0 Å². The average Bonchev–Trinajstić information content (AvgIpc) is 2.16. The van der Waals surface area contributed by atoms with Crippen LogP contribution in [0.3, 0.4) is 0 Å². The maximum atomic E-state index is 11.7. The Labute approximate surface area is 105 Å². The van der Waals surface area contributed by atoms with E-state index in [0.717, 1.165) is 19.5 Å². The van der Waals surface area contributed by atoms with Crippen LogP contribution in [-0.4, -0.2) is 47.7 Å². The first-order valence-corrected chi connectivity index (χ1v) is 6.53. The Balaban J connectivity index is 3.94. The van der Waals surface area contributed by atoms with E-state index in [2.05, 4.69) is 19.2 Å². The minimum Gasteiger partial charge on any atom is -0.389 e. The molecule has 0 radical (unpaired) electrons. The number of carbonyl (C=O) groups is 1. The fraction of sp³-hybridized carbons (Fsp3) is 0.923. The van der Waals surface area contributed by atoms with Crippen LogP contribution in [0.5, 0.6) is 0 Å². The highest BCUT2D eigenvalue weighted by Gasteiger charge is 2.21. The minimum atomic E-state index is -0.738. The number of nitrogens with zero attached hydrogens (tertiary/aromatic N) is 1. The molecule has 0 saturated heterocycles. The number of amides is 1. The molecular formula is C13H28N2O2. The molecule has 0 aromatic carbocycles.